The average Bonchev–Trinajstić information content (AvgIpc) is 3.21. The average molecular weight is 369 g/mol. The molecule has 3 nitrogen and oxygen atoms in total. The first-order chi connectivity index (χ1) is 12.5. The van der Waals surface area contributed by atoms with Crippen molar-refractivity contribution in [3.05, 3.63) is 60.7 Å². The molecule has 0 bridgehead atoms. The molecule has 1 saturated heterocycles. The van der Waals surface area contributed by atoms with E-state index in [2.05, 4.69) is 81.4 Å². The smallest absolute Gasteiger partial charge is 0.261 e. The topological polar surface area (TPSA) is 27.7 Å². The van der Waals surface area contributed by atoms with Gasteiger partial charge in [0.15, 0.2) is 0 Å². The maximum atomic E-state index is 7.15. The van der Waals surface area contributed by atoms with Gasteiger partial charge in [0.25, 0.3) is 8.32 Å². The minimum absolute atomic E-state index is 0.00905. The van der Waals surface area contributed by atoms with Gasteiger partial charge in [-0.3, -0.25) is 0 Å². The molecule has 2 unspecified atom stereocenters. The van der Waals surface area contributed by atoms with Crippen molar-refractivity contribution in [2.45, 2.75) is 57.0 Å². The van der Waals surface area contributed by atoms with E-state index in [0.29, 0.717) is 6.79 Å². The molecule has 0 aromatic heterocycles. The van der Waals surface area contributed by atoms with Gasteiger partial charge < -0.3 is 13.9 Å². The Morgan fingerprint density at radius 3 is 1.69 bits per heavy atom. The molecule has 26 heavy (non-hydrogen) atoms. The van der Waals surface area contributed by atoms with E-state index in [1.165, 1.54) is 10.4 Å². The molecule has 0 spiro atoms. The maximum absolute atomic E-state index is 7.15. The predicted octanol–water partition coefficient (Wildman–Crippen LogP) is 3.47. The molecule has 0 amide bonds. The van der Waals surface area contributed by atoms with Crippen LogP contribution in [0.25, 0.3) is 0 Å². The van der Waals surface area contributed by atoms with Gasteiger partial charge in [-0.2, -0.15) is 0 Å². The summed E-state index contributed by atoms with van der Waals surface area (Å²) in [4.78, 5) is 0. The van der Waals surface area contributed by atoms with Gasteiger partial charge in [-0.1, -0.05) is 81.4 Å². The lowest BCUT2D eigenvalue weighted by Gasteiger charge is -2.44. The molecule has 4 rings (SSSR count). The van der Waals surface area contributed by atoms with Gasteiger partial charge in [-0.15, -0.1) is 0 Å². The highest BCUT2D eigenvalue weighted by atomic mass is 28.4. The molecular formula is C22H28O3Si. The standard InChI is InChI=1S/C22H28O3Si/c1-22(2,3)26(18-10-6-4-7-11-18,19-12-8-5-9-13-19)25-17-14-20-21(15-17)24-16-23-20/h4-13,17,20-21H,14-16H2,1-3H3/t17?,20-,21?/m1/s1. The van der Waals surface area contributed by atoms with E-state index >= 15 is 0 Å². The number of benzene rings is 2. The SMILES string of the molecule is CC(C)(C)[Si](OC1CC2OCO[C@@H]2C1)(c1ccccc1)c1ccccc1. The molecule has 2 aromatic rings. The van der Waals surface area contributed by atoms with E-state index < -0.39 is 8.32 Å². The van der Waals surface area contributed by atoms with Crippen molar-refractivity contribution in [2.24, 2.45) is 0 Å². The van der Waals surface area contributed by atoms with Crippen LogP contribution in [0.2, 0.25) is 5.04 Å². The molecule has 2 aromatic carbocycles. The first kappa shape index (κ1) is 17.9. The highest BCUT2D eigenvalue weighted by Crippen LogP contribution is 2.41. The molecule has 1 aliphatic heterocycles. The highest BCUT2D eigenvalue weighted by molar-refractivity contribution is 6.99. The zero-order chi connectivity index (χ0) is 18.2. The van der Waals surface area contributed by atoms with Gasteiger partial charge in [-0.05, 0) is 15.4 Å². The summed E-state index contributed by atoms with van der Waals surface area (Å²) in [5, 5.41) is 2.67. The van der Waals surface area contributed by atoms with Crippen LogP contribution in [-0.4, -0.2) is 33.4 Å². The van der Waals surface area contributed by atoms with Gasteiger partial charge in [0.05, 0.1) is 18.3 Å². The summed E-state index contributed by atoms with van der Waals surface area (Å²) in [7, 11) is -2.47. The fourth-order valence-corrected chi connectivity index (χ4v) is 9.23. The summed E-state index contributed by atoms with van der Waals surface area (Å²) in [5.74, 6) is 0. The van der Waals surface area contributed by atoms with Gasteiger partial charge >= 0.3 is 0 Å². The molecule has 2 fully saturated rings. The number of ether oxygens (including phenoxy) is 2. The first-order valence-electron chi connectivity index (χ1n) is 9.53. The monoisotopic (exact) mass is 368 g/mol. The quantitative estimate of drug-likeness (QED) is 0.774. The molecule has 0 N–H and O–H groups in total. The zero-order valence-electron chi connectivity index (χ0n) is 15.9. The Morgan fingerprint density at radius 2 is 1.27 bits per heavy atom. The Kier molecular flexibility index (Phi) is 4.78. The van der Waals surface area contributed by atoms with Crippen molar-refractivity contribution in [2.75, 3.05) is 6.79 Å². The Morgan fingerprint density at radius 1 is 0.808 bits per heavy atom. The van der Waals surface area contributed by atoms with Crippen LogP contribution in [0, 0.1) is 0 Å². The van der Waals surface area contributed by atoms with Crippen molar-refractivity contribution >= 4 is 18.7 Å². The Hall–Kier alpha value is -1.46. The largest absolute Gasteiger partial charge is 0.404 e. The Labute approximate surface area is 157 Å². The van der Waals surface area contributed by atoms with Crippen LogP contribution in [0.15, 0.2) is 60.7 Å². The summed E-state index contributed by atoms with van der Waals surface area (Å²) in [6.07, 6.45) is 2.41. The minimum atomic E-state index is -2.47. The molecule has 1 aliphatic carbocycles. The van der Waals surface area contributed by atoms with E-state index in [9.17, 15) is 0 Å². The van der Waals surface area contributed by atoms with E-state index in [0.717, 1.165) is 12.8 Å². The molecular weight excluding hydrogens is 340 g/mol. The minimum Gasteiger partial charge on any atom is -0.404 e. The van der Waals surface area contributed by atoms with Crippen LogP contribution in [0.4, 0.5) is 0 Å². The maximum Gasteiger partial charge on any atom is 0.261 e. The summed E-state index contributed by atoms with van der Waals surface area (Å²) in [6, 6.07) is 21.7. The Bertz CT molecular complexity index is 675. The van der Waals surface area contributed by atoms with Crippen LogP contribution >= 0.6 is 0 Å². The summed E-state index contributed by atoms with van der Waals surface area (Å²) in [5.41, 5.74) is 0. The number of hydrogen-bond acceptors (Lipinski definition) is 3. The van der Waals surface area contributed by atoms with Crippen LogP contribution in [0.3, 0.4) is 0 Å². The summed E-state index contributed by atoms with van der Waals surface area (Å²) >= 11 is 0. The molecule has 4 heteroatoms. The van der Waals surface area contributed by atoms with E-state index in [-0.39, 0.29) is 23.4 Å². The van der Waals surface area contributed by atoms with Crippen molar-refractivity contribution < 1.29 is 13.9 Å². The third-order valence-corrected chi connectivity index (χ3v) is 10.8. The van der Waals surface area contributed by atoms with E-state index in [1.54, 1.807) is 0 Å². The normalized spacial score (nSPS) is 26.0. The Balaban J connectivity index is 1.78. The number of rotatable bonds is 4. The second-order valence-electron chi connectivity index (χ2n) is 8.40. The summed E-state index contributed by atoms with van der Waals surface area (Å²) < 4.78 is 18.6. The van der Waals surface area contributed by atoms with Crippen LogP contribution in [-0.2, 0) is 13.9 Å². The van der Waals surface area contributed by atoms with Gasteiger partial charge in [0.2, 0.25) is 0 Å². The van der Waals surface area contributed by atoms with Crippen molar-refractivity contribution in [1.82, 2.24) is 0 Å². The van der Waals surface area contributed by atoms with Gasteiger partial charge in [0.1, 0.15) is 6.79 Å². The van der Waals surface area contributed by atoms with Crippen LogP contribution in [0.1, 0.15) is 33.6 Å². The third kappa shape index (κ3) is 3.05. The lowest BCUT2D eigenvalue weighted by atomic mass is 10.2. The lowest BCUT2D eigenvalue weighted by Crippen LogP contribution is -2.67. The third-order valence-electron chi connectivity index (χ3n) is 5.73. The van der Waals surface area contributed by atoms with Crippen molar-refractivity contribution in [3.63, 3.8) is 0 Å². The highest BCUT2D eigenvalue weighted by Gasteiger charge is 2.53. The van der Waals surface area contributed by atoms with E-state index in [4.69, 9.17) is 13.9 Å². The lowest BCUT2D eigenvalue weighted by molar-refractivity contribution is 0.0109. The molecule has 1 saturated carbocycles. The molecule has 0 radical (unpaired) electrons. The molecule has 3 atom stereocenters. The van der Waals surface area contributed by atoms with Crippen LogP contribution in [0.5, 0.6) is 0 Å². The second-order valence-corrected chi connectivity index (χ2v) is 12.7. The number of fused-ring (bicyclic) bond motifs is 1. The number of hydrogen-bond donors (Lipinski definition) is 0. The van der Waals surface area contributed by atoms with Gasteiger partial charge in [0, 0.05) is 12.8 Å². The van der Waals surface area contributed by atoms with E-state index in [1.807, 2.05) is 0 Å². The van der Waals surface area contributed by atoms with Crippen molar-refractivity contribution in [1.29, 1.82) is 0 Å². The zero-order valence-corrected chi connectivity index (χ0v) is 16.9. The fraction of sp³-hybridized carbons (Fsp3) is 0.455. The second kappa shape index (κ2) is 6.93. The first-order valence-corrected chi connectivity index (χ1v) is 11.4. The fourth-order valence-electron chi connectivity index (χ4n) is 4.52. The summed E-state index contributed by atoms with van der Waals surface area (Å²) in [6.45, 7) is 7.40. The van der Waals surface area contributed by atoms with Crippen LogP contribution < -0.4 is 10.4 Å². The van der Waals surface area contributed by atoms with Gasteiger partial charge in [-0.25, -0.2) is 0 Å². The molecule has 1 heterocycles. The van der Waals surface area contributed by atoms with Crippen molar-refractivity contribution in [3.8, 4) is 0 Å². The molecule has 138 valence electrons. The predicted molar refractivity (Wildman–Crippen MR) is 106 cm³/mol. The molecule has 2 aliphatic rings.